The van der Waals surface area contributed by atoms with Crippen molar-refractivity contribution in [2.75, 3.05) is 34.2 Å². The van der Waals surface area contributed by atoms with E-state index in [0.717, 1.165) is 30.4 Å². The highest BCUT2D eigenvalue weighted by Crippen LogP contribution is 1.99. The van der Waals surface area contributed by atoms with Crippen LogP contribution in [-0.2, 0) is 4.79 Å². The number of quaternary nitrogens is 1. The molecule has 0 aliphatic rings. The average molecular weight is 269 g/mol. The quantitative estimate of drug-likeness (QED) is 0.512. The van der Waals surface area contributed by atoms with Gasteiger partial charge in [-0.05, 0) is 6.42 Å². The van der Waals surface area contributed by atoms with Gasteiger partial charge in [-0.2, -0.15) is 0 Å². The molecule has 0 aromatic heterocycles. The topological polar surface area (TPSA) is 29.1 Å². The fourth-order valence-electron chi connectivity index (χ4n) is 1.12. The van der Waals surface area contributed by atoms with Crippen molar-refractivity contribution in [3.63, 3.8) is 0 Å². The molecule has 0 heterocycles. The highest BCUT2D eigenvalue weighted by Gasteiger charge is 2.10. The molecule has 0 aliphatic carbocycles. The Kier molecular flexibility index (Phi) is 18.3. The zero-order valence-electron chi connectivity index (χ0n) is 10.6. The van der Waals surface area contributed by atoms with E-state index >= 15 is 0 Å². The molecule has 0 saturated carbocycles. The second-order valence-corrected chi connectivity index (χ2v) is 4.97. The van der Waals surface area contributed by atoms with Gasteiger partial charge in [0.1, 0.15) is 0 Å². The van der Waals surface area contributed by atoms with Gasteiger partial charge in [0, 0.05) is 18.9 Å². The van der Waals surface area contributed by atoms with E-state index in [1.54, 1.807) is 0 Å². The minimum absolute atomic E-state index is 0. The lowest BCUT2D eigenvalue weighted by Crippen LogP contribution is -3.00. The maximum atomic E-state index is 11.4. The van der Waals surface area contributed by atoms with E-state index in [0.29, 0.717) is 0 Å². The monoisotopic (exact) mass is 268 g/mol. The van der Waals surface area contributed by atoms with Crippen LogP contribution in [0.5, 0.6) is 0 Å². The summed E-state index contributed by atoms with van der Waals surface area (Å²) in [6, 6.07) is 0. The molecule has 108 valence electrons. The number of amides is 1. The van der Waals surface area contributed by atoms with E-state index in [1.165, 1.54) is 0 Å². The summed E-state index contributed by atoms with van der Waals surface area (Å²) in [4.78, 5) is 11.4. The molecule has 0 bridgehead atoms. The second kappa shape index (κ2) is 12.2. The van der Waals surface area contributed by atoms with Gasteiger partial charge in [0.15, 0.2) is 0 Å². The zero-order chi connectivity index (χ0) is 11.2. The van der Waals surface area contributed by atoms with Crippen molar-refractivity contribution in [1.82, 2.24) is 5.32 Å². The lowest BCUT2D eigenvalue weighted by Gasteiger charge is -2.23. The van der Waals surface area contributed by atoms with E-state index < -0.39 is 0 Å². The van der Waals surface area contributed by atoms with Crippen LogP contribution in [0.1, 0.15) is 41.5 Å². The summed E-state index contributed by atoms with van der Waals surface area (Å²) in [5.74, 6) is 0.341. The molecule has 0 rings (SSSR count). The predicted octanol–water partition coefficient (Wildman–Crippen LogP) is -0.479. The largest absolute Gasteiger partial charge is 1.00 e. The van der Waals surface area contributed by atoms with Crippen LogP contribution >= 0.6 is 0 Å². The van der Waals surface area contributed by atoms with Gasteiger partial charge >= 0.3 is 0 Å². The van der Waals surface area contributed by atoms with E-state index in [9.17, 15) is 4.79 Å². The molecule has 0 fully saturated rings. The average Bonchev–Trinajstić information content (AvgIpc) is 2.09. The molecule has 0 aromatic rings. The number of nitrogens with zero attached hydrogens (tertiary/aromatic N) is 1. The van der Waals surface area contributed by atoms with Crippen molar-refractivity contribution in [2.24, 2.45) is 5.92 Å². The Morgan fingerprint density at radius 3 is 2.06 bits per heavy atom. The summed E-state index contributed by atoms with van der Waals surface area (Å²) in [5, 5.41) is 2.96. The summed E-state index contributed by atoms with van der Waals surface area (Å²) in [5.41, 5.74) is 0. The van der Waals surface area contributed by atoms with Crippen molar-refractivity contribution in [3.05, 3.63) is 0 Å². The first-order valence-electron chi connectivity index (χ1n) is 5.45. The molecular weight excluding hydrogens is 236 g/mol. The molecule has 3 nitrogen and oxygen atoms in total. The molecular formula is C13H33ClN2O. The minimum Gasteiger partial charge on any atom is -1.00 e. The van der Waals surface area contributed by atoms with E-state index in [-0.39, 0.29) is 39.1 Å². The molecule has 0 aliphatic heterocycles. The summed E-state index contributed by atoms with van der Waals surface area (Å²) in [7, 11) is 6.49. The minimum atomic E-state index is 0. The molecule has 1 unspecified atom stereocenters. The van der Waals surface area contributed by atoms with Gasteiger partial charge in [0.2, 0.25) is 5.91 Å². The van der Waals surface area contributed by atoms with Gasteiger partial charge in [-0.15, -0.1) is 0 Å². The third-order valence-corrected chi connectivity index (χ3v) is 2.36. The number of carbonyl (C=O) groups excluding carboxylic acids is 1. The molecule has 0 radical (unpaired) electrons. The Labute approximate surface area is 115 Å². The number of nitrogens with one attached hydrogen (secondary N) is 1. The lowest BCUT2D eigenvalue weighted by atomic mass is 10.1. The SMILES string of the molecule is C.C.CCC(C)C(=O)NCCC[N+](C)(C)C.[Cl-]. The van der Waals surface area contributed by atoms with Gasteiger partial charge in [-0.1, -0.05) is 28.7 Å². The Bertz CT molecular complexity index is 179. The van der Waals surface area contributed by atoms with Crippen molar-refractivity contribution in [1.29, 1.82) is 0 Å². The van der Waals surface area contributed by atoms with Crippen molar-refractivity contribution in [3.8, 4) is 0 Å². The normalized spacial score (nSPS) is 11.4. The number of carbonyl (C=O) groups is 1. The molecule has 0 saturated heterocycles. The van der Waals surface area contributed by atoms with Crippen LogP contribution in [0.3, 0.4) is 0 Å². The number of rotatable bonds is 6. The van der Waals surface area contributed by atoms with Crippen LogP contribution in [0, 0.1) is 5.92 Å². The Hall–Kier alpha value is -0.280. The summed E-state index contributed by atoms with van der Waals surface area (Å²) in [6.45, 7) is 5.91. The molecule has 1 amide bonds. The van der Waals surface area contributed by atoms with Gasteiger partial charge in [0.25, 0.3) is 0 Å². The highest BCUT2D eigenvalue weighted by molar-refractivity contribution is 5.78. The number of hydrogen-bond acceptors (Lipinski definition) is 1. The van der Waals surface area contributed by atoms with Crippen LogP contribution in [0.4, 0.5) is 0 Å². The fraction of sp³-hybridized carbons (Fsp3) is 0.923. The first-order valence-corrected chi connectivity index (χ1v) is 5.45. The van der Waals surface area contributed by atoms with Gasteiger partial charge < -0.3 is 22.2 Å². The third kappa shape index (κ3) is 15.7. The molecule has 1 atom stereocenters. The number of hydrogen-bond donors (Lipinski definition) is 1. The van der Waals surface area contributed by atoms with Gasteiger partial charge in [-0.25, -0.2) is 0 Å². The van der Waals surface area contributed by atoms with Crippen LogP contribution < -0.4 is 17.7 Å². The summed E-state index contributed by atoms with van der Waals surface area (Å²) >= 11 is 0. The molecule has 0 aromatic carbocycles. The van der Waals surface area contributed by atoms with Crippen molar-refractivity contribution >= 4 is 5.91 Å². The summed E-state index contributed by atoms with van der Waals surface area (Å²) in [6.07, 6.45) is 1.97. The predicted molar refractivity (Wildman–Crippen MR) is 73.4 cm³/mol. The van der Waals surface area contributed by atoms with Gasteiger partial charge in [0.05, 0.1) is 27.7 Å². The first-order chi connectivity index (χ1) is 6.37. The smallest absolute Gasteiger partial charge is 0.222 e. The molecule has 0 spiro atoms. The molecule has 1 N–H and O–H groups in total. The highest BCUT2D eigenvalue weighted by atomic mass is 35.5. The van der Waals surface area contributed by atoms with Crippen molar-refractivity contribution in [2.45, 2.75) is 41.5 Å². The lowest BCUT2D eigenvalue weighted by molar-refractivity contribution is -0.870. The maximum absolute atomic E-state index is 11.4. The standard InChI is InChI=1S/C11H24N2O.2CH4.ClH/c1-6-10(2)11(14)12-8-7-9-13(3,4)5;;;/h10H,6-9H2,1-5H3;2*1H4;1H. The Balaban J connectivity index is -0.000000282. The maximum Gasteiger partial charge on any atom is 0.222 e. The van der Waals surface area contributed by atoms with E-state index in [4.69, 9.17) is 0 Å². The van der Waals surface area contributed by atoms with Crippen LogP contribution in [0.2, 0.25) is 0 Å². The third-order valence-electron chi connectivity index (χ3n) is 2.36. The van der Waals surface area contributed by atoms with Crippen LogP contribution in [-0.4, -0.2) is 44.6 Å². The van der Waals surface area contributed by atoms with E-state index in [1.807, 2.05) is 13.8 Å². The number of halogens is 1. The van der Waals surface area contributed by atoms with Crippen LogP contribution in [0.25, 0.3) is 0 Å². The Morgan fingerprint density at radius 1 is 1.24 bits per heavy atom. The van der Waals surface area contributed by atoms with E-state index in [2.05, 4.69) is 26.5 Å². The Morgan fingerprint density at radius 2 is 1.71 bits per heavy atom. The fourth-order valence-corrected chi connectivity index (χ4v) is 1.12. The second-order valence-electron chi connectivity index (χ2n) is 4.97. The zero-order valence-corrected chi connectivity index (χ0v) is 11.4. The van der Waals surface area contributed by atoms with Crippen molar-refractivity contribution < 1.29 is 21.7 Å². The van der Waals surface area contributed by atoms with Gasteiger partial charge in [-0.3, -0.25) is 4.79 Å². The van der Waals surface area contributed by atoms with Crippen LogP contribution in [0.15, 0.2) is 0 Å². The molecule has 17 heavy (non-hydrogen) atoms. The first kappa shape index (κ1) is 25.5. The molecule has 4 heteroatoms. The summed E-state index contributed by atoms with van der Waals surface area (Å²) < 4.78 is 0.958.